The normalized spacial score (nSPS) is 16.0. The highest BCUT2D eigenvalue weighted by Crippen LogP contribution is 2.08. The Labute approximate surface area is 74.9 Å². The SMILES string of the molecule is CCCCCOC(N)(O)CCC. The molecule has 0 rings (SSSR count). The van der Waals surface area contributed by atoms with Gasteiger partial charge in [0.05, 0.1) is 6.61 Å². The molecule has 0 saturated heterocycles. The number of aliphatic hydroxyl groups is 1. The highest BCUT2D eigenvalue weighted by Gasteiger charge is 2.19. The fourth-order valence-corrected chi connectivity index (χ4v) is 1.03. The summed E-state index contributed by atoms with van der Waals surface area (Å²) in [4.78, 5) is 0. The maximum absolute atomic E-state index is 9.37. The molecule has 1 atom stereocenters. The fraction of sp³-hybridized carbons (Fsp3) is 1.00. The van der Waals surface area contributed by atoms with Crippen LogP contribution in [0.4, 0.5) is 0 Å². The van der Waals surface area contributed by atoms with Gasteiger partial charge in [0.1, 0.15) is 0 Å². The van der Waals surface area contributed by atoms with Crippen molar-refractivity contribution in [1.82, 2.24) is 0 Å². The third kappa shape index (κ3) is 6.58. The predicted molar refractivity (Wildman–Crippen MR) is 49.5 cm³/mol. The van der Waals surface area contributed by atoms with E-state index in [4.69, 9.17) is 10.5 Å². The van der Waals surface area contributed by atoms with Gasteiger partial charge in [-0.2, -0.15) is 0 Å². The minimum Gasteiger partial charge on any atom is -0.353 e. The Morgan fingerprint density at radius 2 is 1.92 bits per heavy atom. The maximum atomic E-state index is 9.37. The molecule has 74 valence electrons. The molecule has 0 aliphatic heterocycles. The molecule has 0 fully saturated rings. The molecule has 0 amide bonds. The van der Waals surface area contributed by atoms with Crippen LogP contribution in [-0.4, -0.2) is 17.6 Å². The number of rotatable bonds is 7. The zero-order valence-corrected chi connectivity index (χ0v) is 8.18. The van der Waals surface area contributed by atoms with Gasteiger partial charge in [-0.1, -0.05) is 26.7 Å². The summed E-state index contributed by atoms with van der Waals surface area (Å²) in [5.74, 6) is -1.40. The average Bonchev–Trinajstić information content (AvgIpc) is 1.98. The van der Waals surface area contributed by atoms with Crippen LogP contribution in [0.3, 0.4) is 0 Å². The first kappa shape index (κ1) is 11.9. The van der Waals surface area contributed by atoms with Crippen molar-refractivity contribution in [1.29, 1.82) is 0 Å². The first-order valence-corrected chi connectivity index (χ1v) is 4.77. The van der Waals surface area contributed by atoms with Gasteiger partial charge in [-0.15, -0.1) is 0 Å². The Kier molecular flexibility index (Phi) is 6.34. The van der Waals surface area contributed by atoms with E-state index in [9.17, 15) is 5.11 Å². The fourth-order valence-electron chi connectivity index (χ4n) is 1.03. The number of hydrogen-bond acceptors (Lipinski definition) is 3. The number of ether oxygens (including phenoxy) is 1. The molecule has 0 aromatic carbocycles. The van der Waals surface area contributed by atoms with Crippen molar-refractivity contribution < 1.29 is 9.84 Å². The molecule has 3 heteroatoms. The Balaban J connectivity index is 3.33. The van der Waals surface area contributed by atoms with Crippen LogP contribution in [0.1, 0.15) is 46.0 Å². The predicted octanol–water partition coefficient (Wildman–Crippen LogP) is 1.60. The maximum Gasteiger partial charge on any atom is 0.222 e. The highest BCUT2D eigenvalue weighted by molar-refractivity contribution is 4.55. The summed E-state index contributed by atoms with van der Waals surface area (Å²) in [6.07, 6.45) is 4.59. The second-order valence-corrected chi connectivity index (χ2v) is 3.15. The van der Waals surface area contributed by atoms with E-state index < -0.39 is 5.91 Å². The lowest BCUT2D eigenvalue weighted by molar-refractivity contribution is -0.204. The van der Waals surface area contributed by atoms with E-state index in [0.717, 1.165) is 25.7 Å². The van der Waals surface area contributed by atoms with Crippen LogP contribution in [-0.2, 0) is 4.74 Å². The van der Waals surface area contributed by atoms with E-state index in [0.29, 0.717) is 13.0 Å². The molecule has 1 unspecified atom stereocenters. The molecule has 0 aliphatic carbocycles. The lowest BCUT2D eigenvalue weighted by Gasteiger charge is -2.22. The Bertz CT molecular complexity index is 105. The minimum atomic E-state index is -1.40. The van der Waals surface area contributed by atoms with Crippen LogP contribution in [0.25, 0.3) is 0 Å². The molecule has 0 aromatic heterocycles. The second-order valence-electron chi connectivity index (χ2n) is 3.15. The van der Waals surface area contributed by atoms with E-state index in [1.165, 1.54) is 0 Å². The summed E-state index contributed by atoms with van der Waals surface area (Å²) < 4.78 is 5.11. The van der Waals surface area contributed by atoms with Crippen LogP contribution in [0.15, 0.2) is 0 Å². The lowest BCUT2D eigenvalue weighted by atomic mass is 10.2. The second kappa shape index (κ2) is 6.40. The van der Waals surface area contributed by atoms with E-state index in [-0.39, 0.29) is 0 Å². The first-order valence-electron chi connectivity index (χ1n) is 4.77. The number of nitrogens with two attached hydrogens (primary N) is 1. The summed E-state index contributed by atoms with van der Waals surface area (Å²) in [6.45, 7) is 4.65. The van der Waals surface area contributed by atoms with Gasteiger partial charge in [0.25, 0.3) is 0 Å². The Morgan fingerprint density at radius 1 is 1.25 bits per heavy atom. The molecule has 3 nitrogen and oxygen atoms in total. The molecular weight excluding hydrogens is 154 g/mol. The van der Waals surface area contributed by atoms with Gasteiger partial charge in [-0.25, -0.2) is 0 Å². The van der Waals surface area contributed by atoms with E-state index in [1.807, 2.05) is 6.92 Å². The van der Waals surface area contributed by atoms with Crippen LogP contribution in [0, 0.1) is 0 Å². The number of unbranched alkanes of at least 4 members (excludes halogenated alkanes) is 2. The third-order valence-corrected chi connectivity index (χ3v) is 1.71. The Hall–Kier alpha value is -0.120. The third-order valence-electron chi connectivity index (χ3n) is 1.71. The summed E-state index contributed by atoms with van der Waals surface area (Å²) in [5.41, 5.74) is 5.44. The van der Waals surface area contributed by atoms with Gasteiger partial charge in [0, 0.05) is 6.42 Å². The zero-order valence-electron chi connectivity index (χ0n) is 8.18. The van der Waals surface area contributed by atoms with E-state index in [1.54, 1.807) is 0 Å². The molecule has 0 saturated carbocycles. The monoisotopic (exact) mass is 175 g/mol. The molecule has 3 N–H and O–H groups in total. The summed E-state index contributed by atoms with van der Waals surface area (Å²) >= 11 is 0. The van der Waals surface area contributed by atoms with Crippen molar-refractivity contribution in [3.63, 3.8) is 0 Å². The van der Waals surface area contributed by atoms with Gasteiger partial charge < -0.3 is 9.84 Å². The van der Waals surface area contributed by atoms with Crippen molar-refractivity contribution in [2.45, 2.75) is 51.9 Å². The van der Waals surface area contributed by atoms with Gasteiger partial charge >= 0.3 is 0 Å². The van der Waals surface area contributed by atoms with E-state index >= 15 is 0 Å². The summed E-state index contributed by atoms with van der Waals surface area (Å²) in [7, 11) is 0. The molecule has 0 radical (unpaired) electrons. The van der Waals surface area contributed by atoms with Crippen LogP contribution >= 0.6 is 0 Å². The number of hydrogen-bond donors (Lipinski definition) is 2. The van der Waals surface area contributed by atoms with Crippen LogP contribution in [0.5, 0.6) is 0 Å². The van der Waals surface area contributed by atoms with Crippen LogP contribution in [0.2, 0.25) is 0 Å². The van der Waals surface area contributed by atoms with Gasteiger partial charge in [-0.3, -0.25) is 5.73 Å². The van der Waals surface area contributed by atoms with Gasteiger partial charge in [-0.05, 0) is 12.8 Å². The van der Waals surface area contributed by atoms with Crippen molar-refractivity contribution in [2.75, 3.05) is 6.61 Å². The van der Waals surface area contributed by atoms with Gasteiger partial charge in [0.15, 0.2) is 0 Å². The van der Waals surface area contributed by atoms with Crippen LogP contribution < -0.4 is 5.73 Å². The molecule has 0 aliphatic rings. The zero-order chi connectivity index (χ0) is 9.45. The Morgan fingerprint density at radius 3 is 2.42 bits per heavy atom. The molecule has 12 heavy (non-hydrogen) atoms. The largest absolute Gasteiger partial charge is 0.353 e. The molecular formula is C9H21NO2. The van der Waals surface area contributed by atoms with Crippen molar-refractivity contribution in [3.05, 3.63) is 0 Å². The van der Waals surface area contributed by atoms with E-state index in [2.05, 4.69) is 6.92 Å². The molecule has 0 spiro atoms. The minimum absolute atomic E-state index is 0.499. The molecule has 0 heterocycles. The lowest BCUT2D eigenvalue weighted by Crippen LogP contribution is -2.42. The molecule has 0 bridgehead atoms. The first-order chi connectivity index (χ1) is 5.62. The van der Waals surface area contributed by atoms with Crippen molar-refractivity contribution >= 4 is 0 Å². The molecule has 0 aromatic rings. The summed E-state index contributed by atoms with van der Waals surface area (Å²) in [6, 6.07) is 0. The smallest absolute Gasteiger partial charge is 0.222 e. The van der Waals surface area contributed by atoms with Gasteiger partial charge in [0.2, 0.25) is 5.91 Å². The summed E-state index contributed by atoms with van der Waals surface area (Å²) in [5, 5.41) is 9.37. The average molecular weight is 175 g/mol. The topological polar surface area (TPSA) is 55.5 Å². The van der Waals surface area contributed by atoms with Crippen molar-refractivity contribution in [2.24, 2.45) is 5.73 Å². The standard InChI is InChI=1S/C9H21NO2/c1-3-5-6-8-12-9(10,11)7-4-2/h11H,3-8,10H2,1-2H3. The highest BCUT2D eigenvalue weighted by atomic mass is 16.6. The van der Waals surface area contributed by atoms with Crippen molar-refractivity contribution in [3.8, 4) is 0 Å². The quantitative estimate of drug-likeness (QED) is 0.456.